The van der Waals surface area contributed by atoms with Gasteiger partial charge in [-0.05, 0) is 37.1 Å². The minimum atomic E-state index is -0.942. The summed E-state index contributed by atoms with van der Waals surface area (Å²) in [6.45, 7) is 0. The fraction of sp³-hybridized carbons (Fsp3) is 0.304. The Balaban J connectivity index is 1.91. The van der Waals surface area contributed by atoms with E-state index in [1.54, 1.807) is 30.3 Å². The lowest BCUT2D eigenvalue weighted by Crippen LogP contribution is -2.37. The summed E-state index contributed by atoms with van der Waals surface area (Å²) in [6.07, 6.45) is 1.92. The molecule has 1 fully saturated rings. The number of alkyl carbamates (subject to hydrolysis) is 1. The van der Waals surface area contributed by atoms with Crippen molar-refractivity contribution in [2.45, 2.75) is 25.7 Å². The van der Waals surface area contributed by atoms with E-state index in [1.807, 2.05) is 18.2 Å². The number of hydrogen-bond donors (Lipinski definition) is 3. The summed E-state index contributed by atoms with van der Waals surface area (Å²) in [5.41, 5.74) is 0.769. The molecular formula is C23H26N4O6. The Morgan fingerprint density at radius 2 is 1.61 bits per heavy atom. The zero-order valence-corrected chi connectivity index (χ0v) is 18.4. The Bertz CT molecular complexity index is 1020. The molecule has 3 rings (SSSR count). The van der Waals surface area contributed by atoms with Gasteiger partial charge in [0.1, 0.15) is 11.5 Å². The maximum absolute atomic E-state index is 12.7. The average Bonchev–Trinajstić information content (AvgIpc) is 3.36. The van der Waals surface area contributed by atoms with E-state index in [-0.39, 0.29) is 17.8 Å². The van der Waals surface area contributed by atoms with Crippen molar-refractivity contribution in [1.82, 2.24) is 5.32 Å². The lowest BCUT2D eigenvalue weighted by atomic mass is 10.1. The standard InChI is InChI=1S/C23H26N4O6/c1-31-22(29)26-21(27-23(30)32-2)25-19-14-17(33-16-10-4-3-5-11-16)12-13-18(19)24-20(28)15-8-6-7-9-15/h3-5,10-15H,6-9H2,1-2H3,(H,24,28)(H2,25,26,27,29,30). The van der Waals surface area contributed by atoms with Crippen LogP contribution in [0, 0.1) is 5.92 Å². The SMILES string of the molecule is COC(=O)N=C(NC(=O)OC)Nc1cc(Oc2ccccc2)ccc1NC(=O)C1CCCC1. The van der Waals surface area contributed by atoms with Crippen LogP contribution in [0.15, 0.2) is 53.5 Å². The predicted molar refractivity (Wildman–Crippen MR) is 123 cm³/mol. The van der Waals surface area contributed by atoms with Crippen molar-refractivity contribution in [3.05, 3.63) is 48.5 Å². The summed E-state index contributed by atoms with van der Waals surface area (Å²) in [6, 6.07) is 14.1. The van der Waals surface area contributed by atoms with Gasteiger partial charge in [-0.1, -0.05) is 31.0 Å². The fourth-order valence-corrected chi connectivity index (χ4v) is 3.35. The second kappa shape index (κ2) is 11.5. The molecule has 0 saturated heterocycles. The number of carbonyl (C=O) groups is 3. The number of ether oxygens (including phenoxy) is 3. The van der Waals surface area contributed by atoms with E-state index in [2.05, 4.69) is 30.4 Å². The van der Waals surface area contributed by atoms with Crippen LogP contribution in [0.1, 0.15) is 25.7 Å². The third kappa shape index (κ3) is 6.96. The largest absolute Gasteiger partial charge is 0.457 e. The number of para-hydroxylation sites is 1. The number of carbonyl (C=O) groups excluding carboxylic acids is 3. The number of nitrogens with zero attached hydrogens (tertiary/aromatic N) is 1. The number of methoxy groups -OCH3 is 2. The van der Waals surface area contributed by atoms with Crippen LogP contribution in [0.2, 0.25) is 0 Å². The number of guanidine groups is 1. The zero-order chi connectivity index (χ0) is 23.6. The maximum Gasteiger partial charge on any atom is 0.436 e. The summed E-state index contributed by atoms with van der Waals surface area (Å²) in [7, 11) is 2.33. The predicted octanol–water partition coefficient (Wildman–Crippen LogP) is 4.50. The molecule has 1 aliphatic rings. The fourth-order valence-electron chi connectivity index (χ4n) is 3.35. The van der Waals surface area contributed by atoms with Crippen LogP contribution in [0.4, 0.5) is 21.0 Å². The number of aliphatic imine (C=N–C) groups is 1. The normalized spacial score (nSPS) is 13.7. The quantitative estimate of drug-likeness (QED) is 0.448. The van der Waals surface area contributed by atoms with E-state index in [4.69, 9.17) is 4.74 Å². The molecule has 0 atom stereocenters. The van der Waals surface area contributed by atoms with Gasteiger partial charge in [0.05, 0.1) is 25.6 Å². The van der Waals surface area contributed by atoms with Gasteiger partial charge in [0.2, 0.25) is 11.9 Å². The van der Waals surface area contributed by atoms with E-state index in [9.17, 15) is 14.4 Å². The summed E-state index contributed by atoms with van der Waals surface area (Å²) < 4.78 is 15.0. The molecule has 0 aromatic heterocycles. The smallest absolute Gasteiger partial charge is 0.436 e. The van der Waals surface area contributed by atoms with Gasteiger partial charge in [-0.25, -0.2) is 9.59 Å². The maximum atomic E-state index is 12.7. The minimum Gasteiger partial charge on any atom is -0.457 e. The van der Waals surface area contributed by atoms with Gasteiger partial charge >= 0.3 is 12.2 Å². The Morgan fingerprint density at radius 3 is 2.27 bits per heavy atom. The first kappa shape index (κ1) is 23.6. The van der Waals surface area contributed by atoms with Gasteiger partial charge in [-0.15, -0.1) is 4.99 Å². The Labute approximate surface area is 191 Å². The molecule has 0 heterocycles. The monoisotopic (exact) mass is 454 g/mol. The molecule has 0 aliphatic heterocycles. The summed E-state index contributed by atoms with van der Waals surface area (Å²) in [4.78, 5) is 39.8. The number of amides is 3. The van der Waals surface area contributed by atoms with Crippen LogP contribution in [0.5, 0.6) is 11.5 Å². The summed E-state index contributed by atoms with van der Waals surface area (Å²) >= 11 is 0. The van der Waals surface area contributed by atoms with E-state index >= 15 is 0 Å². The third-order valence-electron chi connectivity index (χ3n) is 4.99. The highest BCUT2D eigenvalue weighted by Crippen LogP contribution is 2.32. The molecule has 2 aromatic carbocycles. The molecule has 1 saturated carbocycles. The Kier molecular flexibility index (Phi) is 8.23. The van der Waals surface area contributed by atoms with E-state index in [0.29, 0.717) is 22.9 Å². The number of hydrogen-bond acceptors (Lipinski definition) is 6. The van der Waals surface area contributed by atoms with Crippen molar-refractivity contribution >= 4 is 35.4 Å². The summed E-state index contributed by atoms with van der Waals surface area (Å²) in [5, 5.41) is 8.06. The van der Waals surface area contributed by atoms with E-state index in [0.717, 1.165) is 32.8 Å². The highest BCUT2D eigenvalue weighted by Gasteiger charge is 2.24. The Morgan fingerprint density at radius 1 is 0.879 bits per heavy atom. The second-order valence-electron chi connectivity index (χ2n) is 7.27. The highest BCUT2D eigenvalue weighted by molar-refractivity contribution is 6.08. The molecule has 0 bridgehead atoms. The molecule has 2 aromatic rings. The van der Waals surface area contributed by atoms with Crippen LogP contribution in [-0.4, -0.2) is 38.3 Å². The molecule has 3 N–H and O–H groups in total. The van der Waals surface area contributed by atoms with Crippen LogP contribution in [0.25, 0.3) is 0 Å². The molecule has 1 aliphatic carbocycles. The van der Waals surface area contributed by atoms with Crippen molar-refractivity contribution in [3.8, 4) is 11.5 Å². The Hall–Kier alpha value is -4.08. The molecule has 10 heteroatoms. The lowest BCUT2D eigenvalue weighted by Gasteiger charge is -2.18. The van der Waals surface area contributed by atoms with Crippen LogP contribution >= 0.6 is 0 Å². The number of rotatable bonds is 5. The van der Waals surface area contributed by atoms with Crippen molar-refractivity contribution in [1.29, 1.82) is 0 Å². The average molecular weight is 454 g/mol. The van der Waals surface area contributed by atoms with E-state index in [1.165, 1.54) is 7.11 Å². The van der Waals surface area contributed by atoms with Crippen LogP contribution in [0.3, 0.4) is 0 Å². The van der Waals surface area contributed by atoms with Gasteiger partial charge in [0.15, 0.2) is 0 Å². The second-order valence-corrected chi connectivity index (χ2v) is 7.27. The molecule has 33 heavy (non-hydrogen) atoms. The van der Waals surface area contributed by atoms with Crippen LogP contribution < -0.4 is 20.7 Å². The number of benzene rings is 2. The first-order valence-corrected chi connectivity index (χ1v) is 10.4. The van der Waals surface area contributed by atoms with Crippen molar-refractivity contribution in [2.24, 2.45) is 10.9 Å². The highest BCUT2D eigenvalue weighted by atomic mass is 16.5. The van der Waals surface area contributed by atoms with Crippen molar-refractivity contribution < 1.29 is 28.6 Å². The topological polar surface area (TPSA) is 127 Å². The molecule has 0 spiro atoms. The number of nitrogens with one attached hydrogen (secondary N) is 3. The number of anilines is 2. The lowest BCUT2D eigenvalue weighted by molar-refractivity contribution is -0.119. The molecule has 3 amide bonds. The first-order chi connectivity index (χ1) is 16.0. The van der Waals surface area contributed by atoms with Crippen molar-refractivity contribution in [2.75, 3.05) is 24.9 Å². The molecule has 0 radical (unpaired) electrons. The molecular weight excluding hydrogens is 428 g/mol. The van der Waals surface area contributed by atoms with Gasteiger partial charge < -0.3 is 24.8 Å². The van der Waals surface area contributed by atoms with Gasteiger partial charge in [-0.3, -0.25) is 10.1 Å². The van der Waals surface area contributed by atoms with Gasteiger partial charge in [0, 0.05) is 12.0 Å². The van der Waals surface area contributed by atoms with Crippen molar-refractivity contribution in [3.63, 3.8) is 0 Å². The molecule has 174 valence electrons. The van der Waals surface area contributed by atoms with Gasteiger partial charge in [0.25, 0.3) is 0 Å². The van der Waals surface area contributed by atoms with E-state index < -0.39 is 12.2 Å². The molecule has 10 nitrogen and oxygen atoms in total. The third-order valence-corrected chi connectivity index (χ3v) is 4.99. The zero-order valence-electron chi connectivity index (χ0n) is 18.4. The minimum absolute atomic E-state index is 0.0607. The molecule has 0 unspecified atom stereocenters. The van der Waals surface area contributed by atoms with Crippen LogP contribution in [-0.2, 0) is 14.3 Å². The van der Waals surface area contributed by atoms with Gasteiger partial charge in [-0.2, -0.15) is 0 Å². The first-order valence-electron chi connectivity index (χ1n) is 10.4. The summed E-state index contributed by atoms with van der Waals surface area (Å²) in [5.74, 6) is 0.663.